The predicted molar refractivity (Wildman–Crippen MR) is 72.5 cm³/mol. The highest BCUT2D eigenvalue weighted by molar-refractivity contribution is 6.29. The second-order valence-corrected chi connectivity index (χ2v) is 4.38. The highest BCUT2D eigenvalue weighted by atomic mass is 35.5. The van der Waals surface area contributed by atoms with Gasteiger partial charge in [0.1, 0.15) is 16.5 Å². The van der Waals surface area contributed by atoms with Crippen molar-refractivity contribution in [2.24, 2.45) is 0 Å². The number of carboxylic acids is 1. The molecule has 0 saturated carbocycles. The van der Waals surface area contributed by atoms with Gasteiger partial charge in [-0.25, -0.2) is 9.78 Å². The molecule has 0 saturated heterocycles. The molecule has 0 aliphatic rings. The number of aromatic carboxylic acids is 1. The van der Waals surface area contributed by atoms with E-state index >= 15 is 0 Å². The smallest absolute Gasteiger partial charge is 0.339 e. The molecule has 0 radical (unpaired) electrons. The Bertz CT molecular complexity index is 617. The second-order valence-electron chi connectivity index (χ2n) is 3.99. The van der Waals surface area contributed by atoms with Crippen molar-refractivity contribution >= 4 is 23.4 Å². The van der Waals surface area contributed by atoms with E-state index in [1.807, 2.05) is 13.0 Å². The fraction of sp³-hybridized carbons (Fsp3) is 0.154. The van der Waals surface area contributed by atoms with Gasteiger partial charge in [0, 0.05) is 18.9 Å². The van der Waals surface area contributed by atoms with Crippen molar-refractivity contribution in [1.82, 2.24) is 9.97 Å². The predicted octanol–water partition coefficient (Wildman–Crippen LogP) is 2.75. The van der Waals surface area contributed by atoms with Crippen LogP contribution < -0.4 is 5.32 Å². The molecule has 0 fully saturated rings. The van der Waals surface area contributed by atoms with Gasteiger partial charge < -0.3 is 10.4 Å². The van der Waals surface area contributed by atoms with E-state index in [1.54, 1.807) is 12.4 Å². The number of carboxylic acid groups (broad SMARTS) is 1. The van der Waals surface area contributed by atoms with E-state index in [4.69, 9.17) is 16.7 Å². The van der Waals surface area contributed by atoms with E-state index in [-0.39, 0.29) is 16.5 Å². The second kappa shape index (κ2) is 5.67. The molecule has 6 heteroatoms. The van der Waals surface area contributed by atoms with Crippen LogP contribution in [0.25, 0.3) is 0 Å². The van der Waals surface area contributed by atoms with Gasteiger partial charge in [-0.05, 0) is 36.2 Å². The minimum atomic E-state index is -1.04. The summed E-state index contributed by atoms with van der Waals surface area (Å²) in [5.74, 6) is -0.783. The van der Waals surface area contributed by atoms with Crippen LogP contribution in [0.4, 0.5) is 5.82 Å². The Hall–Kier alpha value is -2.14. The Morgan fingerprint density at radius 2 is 2.21 bits per heavy atom. The van der Waals surface area contributed by atoms with Gasteiger partial charge >= 0.3 is 5.97 Å². The fourth-order valence-electron chi connectivity index (χ4n) is 1.62. The minimum absolute atomic E-state index is 0.0936. The van der Waals surface area contributed by atoms with Crippen LogP contribution in [0.2, 0.25) is 5.15 Å². The third-order valence-corrected chi connectivity index (χ3v) is 2.88. The van der Waals surface area contributed by atoms with Crippen LogP contribution in [0.1, 0.15) is 21.5 Å². The number of nitrogens with zero attached hydrogens (tertiary/aromatic N) is 2. The number of halogens is 1. The normalized spacial score (nSPS) is 10.2. The largest absolute Gasteiger partial charge is 0.478 e. The summed E-state index contributed by atoms with van der Waals surface area (Å²) in [6.45, 7) is 2.40. The van der Waals surface area contributed by atoms with Crippen LogP contribution in [-0.4, -0.2) is 21.0 Å². The average molecular weight is 278 g/mol. The van der Waals surface area contributed by atoms with Crippen LogP contribution in [0.15, 0.2) is 30.6 Å². The van der Waals surface area contributed by atoms with Gasteiger partial charge in [0.15, 0.2) is 0 Å². The summed E-state index contributed by atoms with van der Waals surface area (Å²) in [5, 5.41) is 12.3. The average Bonchev–Trinajstić information content (AvgIpc) is 2.37. The number of hydrogen-bond acceptors (Lipinski definition) is 4. The molecule has 0 aliphatic heterocycles. The van der Waals surface area contributed by atoms with Crippen LogP contribution >= 0.6 is 11.6 Å². The standard InChI is InChI=1S/C13H12ClN3O2/c1-8-6-15-5-4-9(8)7-16-12-10(13(18)19)2-3-11(14)17-12/h2-6H,7H2,1H3,(H,16,17)(H,18,19). The summed E-state index contributed by atoms with van der Waals surface area (Å²) < 4.78 is 0. The number of nitrogens with one attached hydrogen (secondary N) is 1. The molecular weight excluding hydrogens is 266 g/mol. The lowest BCUT2D eigenvalue weighted by Gasteiger charge is -2.10. The molecule has 0 aromatic carbocycles. The summed E-state index contributed by atoms with van der Waals surface area (Å²) in [5.41, 5.74) is 2.14. The fourth-order valence-corrected chi connectivity index (χ4v) is 1.77. The summed E-state index contributed by atoms with van der Waals surface area (Å²) >= 11 is 5.78. The van der Waals surface area contributed by atoms with Gasteiger partial charge in [0.2, 0.25) is 0 Å². The molecule has 5 nitrogen and oxygen atoms in total. The number of aromatic nitrogens is 2. The van der Waals surface area contributed by atoms with Crippen LogP contribution in [-0.2, 0) is 6.54 Å². The van der Waals surface area contributed by atoms with Crippen LogP contribution in [0, 0.1) is 6.92 Å². The Morgan fingerprint density at radius 3 is 2.89 bits per heavy atom. The zero-order valence-electron chi connectivity index (χ0n) is 10.2. The van der Waals surface area contributed by atoms with Crippen molar-refractivity contribution in [2.45, 2.75) is 13.5 Å². The molecule has 0 atom stereocenters. The molecule has 98 valence electrons. The number of hydrogen-bond donors (Lipinski definition) is 2. The lowest BCUT2D eigenvalue weighted by Crippen LogP contribution is -2.09. The van der Waals surface area contributed by atoms with E-state index in [2.05, 4.69) is 15.3 Å². The Morgan fingerprint density at radius 1 is 1.42 bits per heavy atom. The van der Waals surface area contributed by atoms with Gasteiger partial charge in [0.05, 0.1) is 0 Å². The lowest BCUT2D eigenvalue weighted by atomic mass is 10.1. The minimum Gasteiger partial charge on any atom is -0.478 e. The first-order chi connectivity index (χ1) is 9.08. The van der Waals surface area contributed by atoms with Crippen molar-refractivity contribution < 1.29 is 9.90 Å². The van der Waals surface area contributed by atoms with Gasteiger partial charge in [-0.1, -0.05) is 11.6 Å². The molecule has 2 aromatic rings. The number of anilines is 1. The maximum absolute atomic E-state index is 11.1. The monoisotopic (exact) mass is 277 g/mol. The number of pyridine rings is 2. The maximum atomic E-state index is 11.1. The Balaban J connectivity index is 2.22. The van der Waals surface area contributed by atoms with E-state index in [0.717, 1.165) is 11.1 Å². The summed E-state index contributed by atoms with van der Waals surface area (Å²) in [6.07, 6.45) is 3.44. The van der Waals surface area contributed by atoms with E-state index in [1.165, 1.54) is 12.1 Å². The lowest BCUT2D eigenvalue weighted by molar-refractivity contribution is 0.0697. The number of aryl methyl sites for hydroxylation is 1. The Labute approximate surface area is 115 Å². The molecule has 0 bridgehead atoms. The van der Waals surface area contributed by atoms with Gasteiger partial charge in [0.25, 0.3) is 0 Å². The first-order valence-corrected chi connectivity index (χ1v) is 5.99. The van der Waals surface area contributed by atoms with Gasteiger partial charge in [-0.15, -0.1) is 0 Å². The van der Waals surface area contributed by atoms with E-state index in [0.29, 0.717) is 6.54 Å². The van der Waals surface area contributed by atoms with Gasteiger partial charge in [-0.3, -0.25) is 4.98 Å². The van der Waals surface area contributed by atoms with Crippen LogP contribution in [0.3, 0.4) is 0 Å². The van der Waals surface area contributed by atoms with Crippen molar-refractivity contribution in [2.75, 3.05) is 5.32 Å². The molecule has 2 aromatic heterocycles. The molecule has 0 unspecified atom stereocenters. The topological polar surface area (TPSA) is 75.1 Å². The summed E-state index contributed by atoms with van der Waals surface area (Å²) in [6, 6.07) is 4.75. The van der Waals surface area contributed by atoms with E-state index < -0.39 is 5.97 Å². The first-order valence-electron chi connectivity index (χ1n) is 5.61. The molecular formula is C13H12ClN3O2. The molecule has 0 aliphatic carbocycles. The SMILES string of the molecule is Cc1cnccc1CNc1nc(Cl)ccc1C(=O)O. The molecule has 2 N–H and O–H groups in total. The van der Waals surface area contributed by atoms with Gasteiger partial charge in [-0.2, -0.15) is 0 Å². The summed E-state index contributed by atoms with van der Waals surface area (Å²) in [4.78, 5) is 19.1. The third kappa shape index (κ3) is 3.20. The zero-order valence-corrected chi connectivity index (χ0v) is 11.0. The number of rotatable bonds is 4. The molecule has 0 amide bonds. The third-order valence-electron chi connectivity index (χ3n) is 2.67. The van der Waals surface area contributed by atoms with Crippen molar-refractivity contribution in [3.05, 3.63) is 52.4 Å². The molecule has 19 heavy (non-hydrogen) atoms. The van der Waals surface area contributed by atoms with Crippen LogP contribution in [0.5, 0.6) is 0 Å². The molecule has 2 heterocycles. The highest BCUT2D eigenvalue weighted by Crippen LogP contribution is 2.18. The zero-order chi connectivity index (χ0) is 13.8. The van der Waals surface area contributed by atoms with Crippen molar-refractivity contribution in [3.63, 3.8) is 0 Å². The number of carbonyl (C=O) groups is 1. The van der Waals surface area contributed by atoms with Crippen molar-refractivity contribution in [1.29, 1.82) is 0 Å². The molecule has 0 spiro atoms. The maximum Gasteiger partial charge on any atom is 0.339 e. The first kappa shape index (κ1) is 13.3. The highest BCUT2D eigenvalue weighted by Gasteiger charge is 2.12. The van der Waals surface area contributed by atoms with Crippen molar-refractivity contribution in [3.8, 4) is 0 Å². The molecule has 2 rings (SSSR count). The summed E-state index contributed by atoms with van der Waals surface area (Å²) in [7, 11) is 0. The van der Waals surface area contributed by atoms with E-state index in [9.17, 15) is 4.79 Å². The quantitative estimate of drug-likeness (QED) is 0.841. The Kier molecular flexibility index (Phi) is 3.97.